The molecule has 0 aliphatic rings. The zero-order valence-corrected chi connectivity index (χ0v) is 16.1. The Hall–Kier alpha value is -1.79. The predicted molar refractivity (Wildman–Crippen MR) is 91.4 cm³/mol. The molecule has 0 aliphatic carbocycles. The van der Waals surface area contributed by atoms with E-state index in [1.807, 2.05) is 13.8 Å². The lowest BCUT2D eigenvalue weighted by atomic mass is 10.0. The normalized spacial score (nSPS) is 14.1. The van der Waals surface area contributed by atoms with Gasteiger partial charge in [0.05, 0.1) is 7.11 Å². The summed E-state index contributed by atoms with van der Waals surface area (Å²) in [7, 11) is 1.27. The summed E-state index contributed by atoms with van der Waals surface area (Å²) in [5.41, 5.74) is -0.644. The highest BCUT2D eigenvalue weighted by Gasteiger charge is 2.30. The minimum atomic E-state index is -0.804. The van der Waals surface area contributed by atoms with Gasteiger partial charge in [0.25, 0.3) is 0 Å². The zero-order valence-electron chi connectivity index (χ0n) is 16.1. The van der Waals surface area contributed by atoms with E-state index in [4.69, 9.17) is 9.47 Å². The molecule has 0 radical (unpaired) electrons. The topological polar surface area (TPSA) is 93.7 Å². The molecule has 2 N–H and O–H groups in total. The van der Waals surface area contributed by atoms with Crippen molar-refractivity contribution in [2.75, 3.05) is 7.11 Å². The fraction of sp³-hybridized carbons (Fsp3) is 0.824. The van der Waals surface area contributed by atoms with E-state index in [1.54, 1.807) is 34.6 Å². The maximum absolute atomic E-state index is 12.2. The van der Waals surface area contributed by atoms with Crippen molar-refractivity contribution in [2.24, 2.45) is 11.8 Å². The maximum atomic E-state index is 12.2. The van der Waals surface area contributed by atoms with Crippen molar-refractivity contribution in [2.45, 2.75) is 72.6 Å². The van der Waals surface area contributed by atoms with E-state index in [0.29, 0.717) is 6.42 Å². The molecule has 0 aliphatic heterocycles. The Labute approximate surface area is 144 Å². The van der Waals surface area contributed by atoms with Gasteiger partial charge in [-0.25, -0.2) is 14.4 Å². The van der Waals surface area contributed by atoms with Crippen molar-refractivity contribution in [1.29, 1.82) is 0 Å². The molecule has 0 aromatic heterocycles. The number of urea groups is 1. The van der Waals surface area contributed by atoms with E-state index >= 15 is 0 Å². The van der Waals surface area contributed by atoms with Crippen molar-refractivity contribution in [3.05, 3.63) is 0 Å². The van der Waals surface area contributed by atoms with Crippen LogP contribution in [0.5, 0.6) is 0 Å². The number of carbonyl (C=O) groups excluding carboxylic acids is 3. The Bertz CT molecular complexity index is 441. The van der Waals surface area contributed by atoms with E-state index in [1.165, 1.54) is 7.11 Å². The first-order valence-corrected chi connectivity index (χ1v) is 8.25. The quantitative estimate of drug-likeness (QED) is 0.691. The van der Waals surface area contributed by atoms with Crippen molar-refractivity contribution in [1.82, 2.24) is 10.6 Å². The van der Waals surface area contributed by atoms with E-state index in [9.17, 15) is 14.4 Å². The largest absolute Gasteiger partial charge is 0.467 e. The van der Waals surface area contributed by atoms with Crippen LogP contribution in [0.2, 0.25) is 0 Å². The Morgan fingerprint density at radius 1 is 0.958 bits per heavy atom. The van der Waals surface area contributed by atoms with Crippen LogP contribution in [0.15, 0.2) is 0 Å². The van der Waals surface area contributed by atoms with Crippen LogP contribution in [0.1, 0.15) is 54.9 Å². The number of hydrogen-bond acceptors (Lipinski definition) is 5. The second kappa shape index (κ2) is 9.49. The maximum Gasteiger partial charge on any atom is 0.329 e. The van der Waals surface area contributed by atoms with E-state index < -0.39 is 35.7 Å². The Kier molecular flexibility index (Phi) is 8.78. The summed E-state index contributed by atoms with van der Waals surface area (Å²) in [5.74, 6) is -0.989. The van der Waals surface area contributed by atoms with Gasteiger partial charge in [-0.15, -0.1) is 0 Å². The average molecular weight is 344 g/mol. The summed E-state index contributed by atoms with van der Waals surface area (Å²) >= 11 is 0. The van der Waals surface area contributed by atoms with Gasteiger partial charge in [-0.1, -0.05) is 27.7 Å². The highest BCUT2D eigenvalue weighted by molar-refractivity contribution is 5.87. The molecule has 0 saturated carbocycles. The first kappa shape index (κ1) is 22.2. The fourth-order valence-corrected chi connectivity index (χ4v) is 2.03. The summed E-state index contributed by atoms with van der Waals surface area (Å²) in [6.07, 6.45) is 0.443. The minimum absolute atomic E-state index is 0.160. The first-order valence-electron chi connectivity index (χ1n) is 8.25. The van der Waals surface area contributed by atoms with Crippen molar-refractivity contribution in [3.63, 3.8) is 0 Å². The van der Waals surface area contributed by atoms with E-state index in [-0.39, 0.29) is 11.8 Å². The van der Waals surface area contributed by atoms with Gasteiger partial charge in [-0.3, -0.25) is 0 Å². The Balaban J connectivity index is 4.93. The molecule has 7 nitrogen and oxygen atoms in total. The molecule has 2 amide bonds. The van der Waals surface area contributed by atoms with Crippen molar-refractivity contribution < 1.29 is 23.9 Å². The molecule has 0 aromatic rings. The van der Waals surface area contributed by atoms with Gasteiger partial charge >= 0.3 is 18.0 Å². The molecule has 0 heterocycles. The molecular formula is C17H32N2O5. The summed E-state index contributed by atoms with van der Waals surface area (Å²) in [6, 6.07) is -2.17. The molecule has 0 bridgehead atoms. The number of esters is 2. The third-order valence-corrected chi connectivity index (χ3v) is 3.11. The van der Waals surface area contributed by atoms with Gasteiger partial charge in [-0.2, -0.15) is 0 Å². The summed E-state index contributed by atoms with van der Waals surface area (Å²) in [5, 5.41) is 5.16. The Morgan fingerprint density at radius 2 is 1.50 bits per heavy atom. The lowest BCUT2D eigenvalue weighted by Crippen LogP contribution is -2.54. The molecular weight excluding hydrogens is 312 g/mol. The Morgan fingerprint density at radius 3 is 1.88 bits per heavy atom. The standard InChI is InChI=1S/C17H32N2O5/c1-10(2)9-12(14(20)23-8)18-16(22)19-13(11(3)4)15(21)24-17(5,6)7/h10-13H,9H2,1-8H3,(H2,18,19,22)/t12-,13+/m1/s1. The molecule has 2 atom stereocenters. The third kappa shape index (κ3) is 8.74. The predicted octanol–water partition coefficient (Wildman–Crippen LogP) is 2.24. The number of nitrogens with one attached hydrogen (secondary N) is 2. The molecule has 7 heteroatoms. The number of amides is 2. The van der Waals surface area contributed by atoms with Gasteiger partial charge in [0.15, 0.2) is 0 Å². The molecule has 24 heavy (non-hydrogen) atoms. The number of hydrogen-bond donors (Lipinski definition) is 2. The second-order valence-electron chi connectivity index (χ2n) is 7.58. The van der Waals surface area contributed by atoms with Crippen molar-refractivity contribution in [3.8, 4) is 0 Å². The summed E-state index contributed by atoms with van der Waals surface area (Å²) in [4.78, 5) is 36.2. The van der Waals surface area contributed by atoms with Crippen LogP contribution in [0.4, 0.5) is 4.79 Å². The van der Waals surface area contributed by atoms with Crippen LogP contribution < -0.4 is 10.6 Å². The van der Waals surface area contributed by atoms with Crippen LogP contribution in [-0.4, -0.2) is 42.8 Å². The number of carbonyl (C=O) groups is 3. The summed E-state index contributed by atoms with van der Waals surface area (Å²) < 4.78 is 10.0. The van der Waals surface area contributed by atoms with Gasteiger partial charge in [0.1, 0.15) is 17.7 Å². The molecule has 0 spiro atoms. The smallest absolute Gasteiger partial charge is 0.329 e. The number of methoxy groups -OCH3 is 1. The highest BCUT2D eigenvalue weighted by Crippen LogP contribution is 2.12. The lowest BCUT2D eigenvalue weighted by molar-refractivity contribution is -0.158. The van der Waals surface area contributed by atoms with Crippen LogP contribution in [0, 0.1) is 11.8 Å². The first-order chi connectivity index (χ1) is 10.9. The number of rotatable bonds is 7. The second-order valence-corrected chi connectivity index (χ2v) is 7.58. The minimum Gasteiger partial charge on any atom is -0.467 e. The van der Waals surface area contributed by atoms with Gasteiger partial charge in [-0.05, 0) is 39.0 Å². The van der Waals surface area contributed by atoms with Gasteiger partial charge < -0.3 is 20.1 Å². The van der Waals surface area contributed by atoms with Crippen LogP contribution in [-0.2, 0) is 19.1 Å². The van der Waals surface area contributed by atoms with E-state index in [2.05, 4.69) is 10.6 Å². The molecule has 0 rings (SSSR count). The molecule has 0 aromatic carbocycles. The monoisotopic (exact) mass is 344 g/mol. The van der Waals surface area contributed by atoms with E-state index in [0.717, 1.165) is 0 Å². The van der Waals surface area contributed by atoms with Crippen LogP contribution in [0.25, 0.3) is 0 Å². The highest BCUT2D eigenvalue weighted by atomic mass is 16.6. The van der Waals surface area contributed by atoms with Gasteiger partial charge in [0.2, 0.25) is 0 Å². The molecule has 0 saturated heterocycles. The molecule has 0 fully saturated rings. The lowest BCUT2D eigenvalue weighted by Gasteiger charge is -2.27. The third-order valence-electron chi connectivity index (χ3n) is 3.11. The van der Waals surface area contributed by atoms with Crippen LogP contribution >= 0.6 is 0 Å². The molecule has 140 valence electrons. The molecule has 0 unspecified atom stereocenters. The SMILES string of the molecule is COC(=O)[C@@H](CC(C)C)NC(=O)N[C@H](C(=O)OC(C)(C)C)C(C)C. The van der Waals surface area contributed by atoms with Gasteiger partial charge in [0, 0.05) is 0 Å². The zero-order chi connectivity index (χ0) is 19.1. The summed E-state index contributed by atoms with van der Waals surface area (Å²) in [6.45, 7) is 12.8. The average Bonchev–Trinajstić information content (AvgIpc) is 2.40. The van der Waals surface area contributed by atoms with Crippen LogP contribution in [0.3, 0.4) is 0 Å². The fourth-order valence-electron chi connectivity index (χ4n) is 2.03. The number of ether oxygens (including phenoxy) is 2. The van der Waals surface area contributed by atoms with Crippen molar-refractivity contribution >= 4 is 18.0 Å².